The minimum atomic E-state index is -4.52. The van der Waals surface area contributed by atoms with Gasteiger partial charge in [-0.1, -0.05) is 19.9 Å². The third-order valence-electron chi connectivity index (χ3n) is 2.79. The second-order valence-corrected chi connectivity index (χ2v) is 4.84. The third kappa shape index (κ3) is 4.77. The van der Waals surface area contributed by atoms with Gasteiger partial charge in [0.15, 0.2) is 0 Å². The second-order valence-electron chi connectivity index (χ2n) is 4.84. The maximum absolute atomic E-state index is 12.7. The lowest BCUT2D eigenvalue weighted by Crippen LogP contribution is -2.36. The van der Waals surface area contributed by atoms with Crippen LogP contribution in [0, 0.1) is 5.92 Å². The summed E-state index contributed by atoms with van der Waals surface area (Å²) >= 11 is 0. The maximum Gasteiger partial charge on any atom is 0.416 e. The molecule has 0 aliphatic rings. The van der Waals surface area contributed by atoms with Crippen LogP contribution >= 0.6 is 0 Å². The first kappa shape index (κ1) is 17.0. The molecule has 116 valence electrons. The van der Waals surface area contributed by atoms with Crippen LogP contribution in [0.2, 0.25) is 0 Å². The molecule has 21 heavy (non-hydrogen) atoms. The lowest BCUT2D eigenvalue weighted by atomic mass is 10.1. The van der Waals surface area contributed by atoms with Crippen LogP contribution in [0.5, 0.6) is 0 Å². The number of alkyl halides is 3. The molecule has 0 atom stereocenters. The molecule has 0 unspecified atom stereocenters. The van der Waals surface area contributed by atoms with E-state index in [1.807, 2.05) is 0 Å². The fraction of sp³-hybridized carbons (Fsp3) is 0.429. The summed E-state index contributed by atoms with van der Waals surface area (Å²) in [6.07, 6.45) is -4.86. The van der Waals surface area contributed by atoms with E-state index in [0.29, 0.717) is 0 Å². The number of amides is 1. The van der Waals surface area contributed by atoms with Crippen LogP contribution in [0.1, 0.15) is 25.8 Å². The van der Waals surface area contributed by atoms with Crippen LogP contribution in [0.25, 0.3) is 0 Å². The van der Waals surface area contributed by atoms with Crippen molar-refractivity contribution in [3.05, 3.63) is 29.8 Å². The molecule has 7 heteroatoms. The Hall–Kier alpha value is -2.05. The monoisotopic (exact) mass is 303 g/mol. The average Bonchev–Trinajstić information content (AvgIpc) is 2.37. The van der Waals surface area contributed by atoms with Crippen molar-refractivity contribution >= 4 is 17.6 Å². The number of hydrogen-bond donors (Lipinski definition) is 1. The molecule has 0 spiro atoms. The van der Waals surface area contributed by atoms with Gasteiger partial charge >= 0.3 is 12.1 Å². The van der Waals surface area contributed by atoms with Crippen LogP contribution in [0.3, 0.4) is 0 Å². The van der Waals surface area contributed by atoms with Crippen LogP contribution in [-0.4, -0.2) is 23.5 Å². The van der Waals surface area contributed by atoms with Crippen LogP contribution in [0.4, 0.5) is 18.9 Å². The summed E-state index contributed by atoms with van der Waals surface area (Å²) in [5.74, 6) is -1.99. The van der Waals surface area contributed by atoms with E-state index in [-0.39, 0.29) is 18.7 Å². The number of rotatable bonds is 5. The Balaban J connectivity index is 3.13. The zero-order valence-corrected chi connectivity index (χ0v) is 11.6. The molecule has 0 bridgehead atoms. The molecule has 1 rings (SSSR count). The highest BCUT2D eigenvalue weighted by molar-refractivity contribution is 5.95. The summed E-state index contributed by atoms with van der Waals surface area (Å²) in [5, 5.41) is 8.70. The molecule has 0 heterocycles. The molecule has 0 aromatic heterocycles. The Morgan fingerprint density at radius 2 is 1.90 bits per heavy atom. The lowest BCUT2D eigenvalue weighted by molar-refractivity contribution is -0.138. The second kappa shape index (κ2) is 6.60. The molecular formula is C14H16F3NO3. The zero-order valence-electron chi connectivity index (χ0n) is 11.6. The van der Waals surface area contributed by atoms with Gasteiger partial charge in [0.1, 0.15) is 0 Å². The Bertz CT molecular complexity index is 526. The Morgan fingerprint density at radius 1 is 1.29 bits per heavy atom. The van der Waals surface area contributed by atoms with E-state index in [4.69, 9.17) is 5.11 Å². The fourth-order valence-electron chi connectivity index (χ4n) is 1.74. The van der Waals surface area contributed by atoms with E-state index in [1.54, 1.807) is 13.8 Å². The van der Waals surface area contributed by atoms with Gasteiger partial charge in [0, 0.05) is 18.2 Å². The van der Waals surface area contributed by atoms with Crippen molar-refractivity contribution < 1.29 is 27.9 Å². The van der Waals surface area contributed by atoms with Crippen molar-refractivity contribution in [1.82, 2.24) is 0 Å². The minimum Gasteiger partial charge on any atom is -0.481 e. The third-order valence-corrected chi connectivity index (χ3v) is 2.79. The first-order valence-electron chi connectivity index (χ1n) is 6.33. The van der Waals surface area contributed by atoms with Crippen molar-refractivity contribution in [3.63, 3.8) is 0 Å². The highest BCUT2D eigenvalue weighted by Gasteiger charge is 2.31. The number of carboxylic acids is 1. The van der Waals surface area contributed by atoms with Gasteiger partial charge in [0.25, 0.3) is 0 Å². The molecule has 1 amide bonds. The van der Waals surface area contributed by atoms with E-state index >= 15 is 0 Å². The highest BCUT2D eigenvalue weighted by Crippen LogP contribution is 2.32. The molecule has 1 N–H and O–H groups in total. The van der Waals surface area contributed by atoms with E-state index in [2.05, 4.69) is 0 Å². The summed E-state index contributed by atoms with van der Waals surface area (Å²) in [6, 6.07) is 4.30. The van der Waals surface area contributed by atoms with Crippen molar-refractivity contribution in [2.45, 2.75) is 26.4 Å². The smallest absolute Gasteiger partial charge is 0.416 e. The van der Waals surface area contributed by atoms with Crippen molar-refractivity contribution in [3.8, 4) is 0 Å². The number of anilines is 1. The first-order chi connectivity index (χ1) is 9.62. The summed E-state index contributed by atoms with van der Waals surface area (Å²) in [7, 11) is 0. The molecule has 1 aromatic rings. The minimum absolute atomic E-state index is 0.0461. The number of nitrogens with zero attached hydrogens (tertiary/aromatic N) is 1. The average molecular weight is 303 g/mol. The van der Waals surface area contributed by atoms with Crippen LogP contribution in [-0.2, 0) is 15.8 Å². The molecule has 0 aliphatic heterocycles. The Kier molecular flexibility index (Phi) is 5.34. The molecule has 4 nitrogen and oxygen atoms in total. The van der Waals surface area contributed by atoms with E-state index in [0.717, 1.165) is 17.0 Å². The van der Waals surface area contributed by atoms with Gasteiger partial charge in [-0.25, -0.2) is 0 Å². The summed E-state index contributed by atoms with van der Waals surface area (Å²) in [5.41, 5.74) is -0.832. The fourth-order valence-corrected chi connectivity index (χ4v) is 1.74. The topological polar surface area (TPSA) is 57.6 Å². The molecular weight excluding hydrogens is 287 g/mol. The van der Waals surface area contributed by atoms with Crippen molar-refractivity contribution in [1.29, 1.82) is 0 Å². The van der Waals surface area contributed by atoms with E-state index in [9.17, 15) is 22.8 Å². The lowest BCUT2D eigenvalue weighted by Gasteiger charge is -2.25. The number of hydrogen-bond acceptors (Lipinski definition) is 2. The van der Waals surface area contributed by atoms with Crippen LogP contribution < -0.4 is 4.90 Å². The number of halogens is 3. The molecule has 0 saturated heterocycles. The summed E-state index contributed by atoms with van der Waals surface area (Å²) in [6.45, 7) is 3.03. The van der Waals surface area contributed by atoms with Gasteiger partial charge in [0.05, 0.1) is 12.0 Å². The quantitative estimate of drug-likeness (QED) is 0.909. The molecule has 0 saturated carbocycles. The maximum atomic E-state index is 12.7. The predicted molar refractivity (Wildman–Crippen MR) is 70.9 cm³/mol. The van der Waals surface area contributed by atoms with Gasteiger partial charge in [-0.15, -0.1) is 0 Å². The zero-order chi connectivity index (χ0) is 16.2. The number of carboxylic acid groups (broad SMARTS) is 1. The largest absolute Gasteiger partial charge is 0.481 e. The SMILES string of the molecule is CC(C)C(=O)N(CCC(=O)O)c1cccc(C(F)(F)F)c1. The molecule has 1 aromatic carbocycles. The van der Waals surface area contributed by atoms with Gasteiger partial charge < -0.3 is 10.0 Å². The number of carbonyl (C=O) groups is 2. The number of carbonyl (C=O) groups excluding carboxylic acids is 1. The normalized spacial score (nSPS) is 11.5. The predicted octanol–water partition coefficient (Wildman–Crippen LogP) is 3.17. The van der Waals surface area contributed by atoms with Crippen molar-refractivity contribution in [2.75, 3.05) is 11.4 Å². The molecule has 0 aliphatic carbocycles. The van der Waals surface area contributed by atoms with Gasteiger partial charge in [-0.05, 0) is 18.2 Å². The Labute approximate surface area is 120 Å². The van der Waals surface area contributed by atoms with E-state index < -0.39 is 29.5 Å². The number of benzene rings is 1. The van der Waals surface area contributed by atoms with Crippen molar-refractivity contribution in [2.24, 2.45) is 5.92 Å². The molecule has 0 fully saturated rings. The van der Waals surface area contributed by atoms with Gasteiger partial charge in [0.2, 0.25) is 5.91 Å². The standard InChI is InChI=1S/C14H16F3NO3/c1-9(2)13(21)18(7-6-12(19)20)11-5-3-4-10(8-11)14(15,16)17/h3-5,8-9H,6-7H2,1-2H3,(H,19,20). The van der Waals surface area contributed by atoms with Gasteiger partial charge in [-0.2, -0.15) is 13.2 Å². The number of aliphatic carboxylic acids is 1. The van der Waals surface area contributed by atoms with Gasteiger partial charge in [-0.3, -0.25) is 9.59 Å². The van der Waals surface area contributed by atoms with Crippen LogP contribution in [0.15, 0.2) is 24.3 Å². The summed E-state index contributed by atoms with van der Waals surface area (Å²) < 4.78 is 38.1. The molecule has 0 radical (unpaired) electrons. The first-order valence-corrected chi connectivity index (χ1v) is 6.33. The highest BCUT2D eigenvalue weighted by atomic mass is 19.4. The summed E-state index contributed by atoms with van der Waals surface area (Å²) in [4.78, 5) is 23.8. The Morgan fingerprint density at radius 3 is 2.38 bits per heavy atom. The van der Waals surface area contributed by atoms with E-state index in [1.165, 1.54) is 12.1 Å².